The molecule has 106 valence electrons. The standard InChI is InChI=1S/C14H17N3O3/c1-9(18)16-7-13(19)14(20)11-4-2-10(3-5-11)12-6-15-8-17-12/h2-6,8,13-14,19-20H,7H2,1H3,(H,15,17)(H,16,18). The van der Waals surface area contributed by atoms with Gasteiger partial charge < -0.3 is 20.5 Å². The van der Waals surface area contributed by atoms with Crippen molar-refractivity contribution in [3.05, 3.63) is 42.4 Å². The second kappa shape index (κ2) is 6.31. The molecular formula is C14H17N3O3. The Morgan fingerprint density at radius 3 is 2.60 bits per heavy atom. The number of aromatic amines is 1. The van der Waals surface area contributed by atoms with Gasteiger partial charge in [0.05, 0.1) is 18.2 Å². The summed E-state index contributed by atoms with van der Waals surface area (Å²) in [4.78, 5) is 17.7. The molecule has 0 radical (unpaired) electrons. The first kappa shape index (κ1) is 14.2. The van der Waals surface area contributed by atoms with Crippen LogP contribution >= 0.6 is 0 Å². The number of hydrogen-bond donors (Lipinski definition) is 4. The number of carbonyl (C=O) groups is 1. The highest BCUT2D eigenvalue weighted by atomic mass is 16.3. The van der Waals surface area contributed by atoms with Gasteiger partial charge in [-0.05, 0) is 11.1 Å². The molecule has 1 aromatic heterocycles. The van der Waals surface area contributed by atoms with Crippen molar-refractivity contribution in [1.29, 1.82) is 0 Å². The molecule has 0 spiro atoms. The van der Waals surface area contributed by atoms with Crippen LogP contribution in [0.25, 0.3) is 11.3 Å². The summed E-state index contributed by atoms with van der Waals surface area (Å²) >= 11 is 0. The van der Waals surface area contributed by atoms with Gasteiger partial charge in [0.25, 0.3) is 0 Å². The van der Waals surface area contributed by atoms with Crippen molar-refractivity contribution in [3.8, 4) is 11.3 Å². The van der Waals surface area contributed by atoms with Crippen molar-refractivity contribution in [2.24, 2.45) is 0 Å². The van der Waals surface area contributed by atoms with E-state index in [1.165, 1.54) is 6.92 Å². The number of amides is 1. The maximum Gasteiger partial charge on any atom is 0.216 e. The Balaban J connectivity index is 2.03. The molecular weight excluding hydrogens is 258 g/mol. The summed E-state index contributed by atoms with van der Waals surface area (Å²) in [6, 6.07) is 7.13. The summed E-state index contributed by atoms with van der Waals surface area (Å²) < 4.78 is 0. The largest absolute Gasteiger partial charge is 0.388 e. The third-order valence-electron chi connectivity index (χ3n) is 2.99. The van der Waals surface area contributed by atoms with Crippen LogP contribution in [-0.2, 0) is 4.79 Å². The van der Waals surface area contributed by atoms with Crippen molar-refractivity contribution < 1.29 is 15.0 Å². The van der Waals surface area contributed by atoms with Gasteiger partial charge in [-0.1, -0.05) is 24.3 Å². The van der Waals surface area contributed by atoms with Gasteiger partial charge in [-0.3, -0.25) is 4.79 Å². The van der Waals surface area contributed by atoms with Crippen LogP contribution < -0.4 is 5.32 Å². The van der Waals surface area contributed by atoms with E-state index >= 15 is 0 Å². The highest BCUT2D eigenvalue weighted by Gasteiger charge is 2.18. The van der Waals surface area contributed by atoms with Gasteiger partial charge in [0.2, 0.25) is 5.91 Å². The summed E-state index contributed by atoms with van der Waals surface area (Å²) in [6.07, 6.45) is 1.21. The zero-order valence-electron chi connectivity index (χ0n) is 11.1. The summed E-state index contributed by atoms with van der Waals surface area (Å²) in [7, 11) is 0. The minimum Gasteiger partial charge on any atom is -0.388 e. The Labute approximate surface area is 116 Å². The molecule has 0 aliphatic heterocycles. The fraction of sp³-hybridized carbons (Fsp3) is 0.286. The molecule has 0 saturated carbocycles. The molecule has 0 aliphatic carbocycles. The van der Waals surface area contributed by atoms with E-state index in [2.05, 4.69) is 15.3 Å². The molecule has 2 aromatic rings. The zero-order chi connectivity index (χ0) is 14.5. The number of aromatic nitrogens is 2. The smallest absolute Gasteiger partial charge is 0.216 e. The predicted molar refractivity (Wildman–Crippen MR) is 73.7 cm³/mol. The molecule has 0 fully saturated rings. The van der Waals surface area contributed by atoms with Gasteiger partial charge in [0.1, 0.15) is 12.2 Å². The Kier molecular flexibility index (Phi) is 4.49. The Morgan fingerprint density at radius 2 is 2.05 bits per heavy atom. The average Bonchev–Trinajstić information content (AvgIpc) is 2.98. The van der Waals surface area contributed by atoms with Crippen LogP contribution in [0.2, 0.25) is 0 Å². The van der Waals surface area contributed by atoms with Gasteiger partial charge in [0.15, 0.2) is 0 Å². The maximum atomic E-state index is 10.8. The molecule has 4 N–H and O–H groups in total. The lowest BCUT2D eigenvalue weighted by Gasteiger charge is -2.18. The van der Waals surface area contributed by atoms with E-state index in [1.54, 1.807) is 24.7 Å². The van der Waals surface area contributed by atoms with Gasteiger partial charge in [-0.2, -0.15) is 0 Å². The minimum absolute atomic E-state index is 0.0127. The first-order chi connectivity index (χ1) is 9.58. The highest BCUT2D eigenvalue weighted by molar-refractivity contribution is 5.72. The molecule has 0 aliphatic rings. The highest BCUT2D eigenvalue weighted by Crippen LogP contribution is 2.21. The summed E-state index contributed by atoms with van der Waals surface area (Å²) in [5.74, 6) is -0.245. The molecule has 1 amide bonds. The van der Waals surface area contributed by atoms with E-state index in [4.69, 9.17) is 0 Å². The molecule has 2 unspecified atom stereocenters. The third kappa shape index (κ3) is 3.43. The third-order valence-corrected chi connectivity index (χ3v) is 2.99. The number of H-pyrrole nitrogens is 1. The van der Waals surface area contributed by atoms with E-state index < -0.39 is 12.2 Å². The molecule has 2 rings (SSSR count). The lowest BCUT2D eigenvalue weighted by molar-refractivity contribution is -0.119. The van der Waals surface area contributed by atoms with E-state index in [0.717, 1.165) is 11.3 Å². The monoisotopic (exact) mass is 275 g/mol. The molecule has 6 nitrogen and oxygen atoms in total. The Hall–Kier alpha value is -2.18. The van der Waals surface area contributed by atoms with Gasteiger partial charge in [-0.15, -0.1) is 0 Å². The van der Waals surface area contributed by atoms with E-state index in [1.807, 2.05) is 12.1 Å². The SMILES string of the molecule is CC(=O)NCC(O)C(O)c1ccc(-c2cnc[nH]2)cc1. The molecule has 0 saturated heterocycles. The van der Waals surface area contributed by atoms with E-state index in [-0.39, 0.29) is 12.5 Å². The van der Waals surface area contributed by atoms with Crippen molar-refractivity contribution in [3.63, 3.8) is 0 Å². The summed E-state index contributed by atoms with van der Waals surface area (Å²) in [5.41, 5.74) is 2.41. The van der Waals surface area contributed by atoms with Crippen LogP contribution in [0.1, 0.15) is 18.6 Å². The topological polar surface area (TPSA) is 98.2 Å². The van der Waals surface area contributed by atoms with Crippen LogP contribution in [0.3, 0.4) is 0 Å². The lowest BCUT2D eigenvalue weighted by atomic mass is 10.0. The van der Waals surface area contributed by atoms with Gasteiger partial charge >= 0.3 is 0 Å². The molecule has 2 atom stereocenters. The molecule has 6 heteroatoms. The number of nitrogens with one attached hydrogen (secondary N) is 2. The van der Waals surface area contributed by atoms with Crippen LogP contribution in [0.15, 0.2) is 36.8 Å². The van der Waals surface area contributed by atoms with Crippen molar-refractivity contribution in [1.82, 2.24) is 15.3 Å². The van der Waals surface area contributed by atoms with Crippen molar-refractivity contribution >= 4 is 5.91 Å². The van der Waals surface area contributed by atoms with Crippen LogP contribution in [0.4, 0.5) is 0 Å². The second-order valence-electron chi connectivity index (χ2n) is 4.54. The Morgan fingerprint density at radius 1 is 1.35 bits per heavy atom. The molecule has 1 heterocycles. The fourth-order valence-electron chi connectivity index (χ4n) is 1.86. The number of aliphatic hydroxyl groups is 2. The second-order valence-corrected chi connectivity index (χ2v) is 4.54. The number of carbonyl (C=O) groups excluding carboxylic acids is 1. The van der Waals surface area contributed by atoms with E-state index in [0.29, 0.717) is 5.56 Å². The molecule has 20 heavy (non-hydrogen) atoms. The fourth-order valence-corrected chi connectivity index (χ4v) is 1.86. The Bertz CT molecular complexity index is 552. The zero-order valence-corrected chi connectivity index (χ0v) is 11.1. The quantitative estimate of drug-likeness (QED) is 0.642. The number of hydrogen-bond acceptors (Lipinski definition) is 4. The molecule has 1 aromatic carbocycles. The number of imidazole rings is 1. The number of rotatable bonds is 5. The first-order valence-electron chi connectivity index (χ1n) is 6.27. The maximum absolute atomic E-state index is 10.8. The van der Waals surface area contributed by atoms with Crippen LogP contribution in [0, 0.1) is 0 Å². The predicted octanol–water partition coefficient (Wildman–Crippen LogP) is 0.607. The number of nitrogens with zero attached hydrogens (tertiary/aromatic N) is 1. The number of benzene rings is 1. The normalized spacial score (nSPS) is 13.8. The lowest BCUT2D eigenvalue weighted by Crippen LogP contribution is -2.34. The van der Waals surface area contributed by atoms with Crippen LogP contribution in [-0.4, -0.2) is 38.7 Å². The van der Waals surface area contributed by atoms with E-state index in [9.17, 15) is 15.0 Å². The van der Waals surface area contributed by atoms with Crippen LogP contribution in [0.5, 0.6) is 0 Å². The number of aliphatic hydroxyl groups excluding tert-OH is 2. The van der Waals surface area contributed by atoms with Gasteiger partial charge in [-0.25, -0.2) is 4.98 Å². The first-order valence-corrected chi connectivity index (χ1v) is 6.27. The summed E-state index contributed by atoms with van der Waals surface area (Å²) in [6.45, 7) is 1.37. The van der Waals surface area contributed by atoms with Crippen molar-refractivity contribution in [2.75, 3.05) is 6.54 Å². The van der Waals surface area contributed by atoms with Crippen molar-refractivity contribution in [2.45, 2.75) is 19.1 Å². The molecule has 0 bridgehead atoms. The summed E-state index contributed by atoms with van der Waals surface area (Å²) in [5, 5.41) is 22.3. The average molecular weight is 275 g/mol. The van der Waals surface area contributed by atoms with Gasteiger partial charge in [0, 0.05) is 13.5 Å². The minimum atomic E-state index is -1.04.